The van der Waals surface area contributed by atoms with Crippen molar-refractivity contribution >= 4 is 5.69 Å². The zero-order valence-corrected chi connectivity index (χ0v) is 10.4. The summed E-state index contributed by atoms with van der Waals surface area (Å²) in [5.74, 6) is 0. The largest absolute Gasteiger partial charge is 0.368 e. The van der Waals surface area contributed by atoms with Crippen LogP contribution in [0.1, 0.15) is 42.9 Å². The van der Waals surface area contributed by atoms with Crippen LogP contribution in [0.5, 0.6) is 0 Å². The molecule has 2 aliphatic heterocycles. The summed E-state index contributed by atoms with van der Waals surface area (Å²) in [6.45, 7) is 5.89. The van der Waals surface area contributed by atoms with E-state index in [1.807, 2.05) is 0 Å². The van der Waals surface area contributed by atoms with Crippen molar-refractivity contribution in [1.82, 2.24) is 0 Å². The van der Waals surface area contributed by atoms with E-state index in [4.69, 9.17) is 0 Å². The Balaban J connectivity index is 2.14. The molecule has 16 heavy (non-hydrogen) atoms. The molecule has 0 amide bonds. The van der Waals surface area contributed by atoms with Crippen molar-refractivity contribution in [3.8, 4) is 0 Å². The van der Waals surface area contributed by atoms with Crippen LogP contribution in [-0.4, -0.2) is 12.6 Å². The first-order valence-electron chi connectivity index (χ1n) is 6.69. The average Bonchev–Trinajstić information content (AvgIpc) is 2.34. The molecule has 0 unspecified atom stereocenters. The molecule has 0 radical (unpaired) electrons. The van der Waals surface area contributed by atoms with E-state index in [1.165, 1.54) is 44.2 Å². The van der Waals surface area contributed by atoms with Crippen molar-refractivity contribution in [2.24, 2.45) is 0 Å². The van der Waals surface area contributed by atoms with Gasteiger partial charge in [0.15, 0.2) is 0 Å². The molecule has 0 bridgehead atoms. The molecule has 0 aliphatic carbocycles. The van der Waals surface area contributed by atoms with Crippen molar-refractivity contribution in [2.45, 2.75) is 52.0 Å². The minimum atomic E-state index is 0.799. The fraction of sp³-hybridized carbons (Fsp3) is 0.600. The van der Waals surface area contributed by atoms with E-state index in [-0.39, 0.29) is 0 Å². The molecule has 86 valence electrons. The fourth-order valence-corrected chi connectivity index (χ4v) is 3.47. The molecule has 3 rings (SSSR count). The monoisotopic (exact) mass is 215 g/mol. The molecule has 1 aromatic carbocycles. The predicted molar refractivity (Wildman–Crippen MR) is 69.2 cm³/mol. The van der Waals surface area contributed by atoms with Gasteiger partial charge in [0.05, 0.1) is 0 Å². The SMILES string of the molecule is CC[C@H]1CCc2ccc(C)c3c2N1CCC3. The lowest BCUT2D eigenvalue weighted by molar-refractivity contribution is 0.492. The van der Waals surface area contributed by atoms with Crippen LogP contribution >= 0.6 is 0 Å². The highest BCUT2D eigenvalue weighted by atomic mass is 15.2. The summed E-state index contributed by atoms with van der Waals surface area (Å²) in [6, 6.07) is 5.48. The number of anilines is 1. The van der Waals surface area contributed by atoms with Gasteiger partial charge >= 0.3 is 0 Å². The summed E-state index contributed by atoms with van der Waals surface area (Å²) in [5.41, 5.74) is 6.36. The maximum absolute atomic E-state index is 2.70. The van der Waals surface area contributed by atoms with Gasteiger partial charge in [-0.15, -0.1) is 0 Å². The maximum atomic E-state index is 2.70. The van der Waals surface area contributed by atoms with E-state index in [0.717, 1.165) is 6.04 Å². The topological polar surface area (TPSA) is 3.24 Å². The molecule has 0 N–H and O–H groups in total. The van der Waals surface area contributed by atoms with Crippen LogP contribution in [-0.2, 0) is 12.8 Å². The highest BCUT2D eigenvalue weighted by molar-refractivity contribution is 5.65. The van der Waals surface area contributed by atoms with Gasteiger partial charge in [-0.3, -0.25) is 0 Å². The summed E-state index contributed by atoms with van der Waals surface area (Å²) in [4.78, 5) is 2.70. The van der Waals surface area contributed by atoms with E-state index in [2.05, 4.69) is 30.9 Å². The fourth-order valence-electron chi connectivity index (χ4n) is 3.47. The lowest BCUT2D eigenvalue weighted by Crippen LogP contribution is -2.42. The van der Waals surface area contributed by atoms with Gasteiger partial charge in [-0.1, -0.05) is 19.1 Å². The van der Waals surface area contributed by atoms with Crippen LogP contribution in [0.3, 0.4) is 0 Å². The van der Waals surface area contributed by atoms with Crippen LogP contribution in [0, 0.1) is 6.92 Å². The molecular weight excluding hydrogens is 194 g/mol. The molecule has 1 heteroatoms. The van der Waals surface area contributed by atoms with Gasteiger partial charge < -0.3 is 4.90 Å². The second-order valence-electron chi connectivity index (χ2n) is 5.27. The molecule has 2 heterocycles. The van der Waals surface area contributed by atoms with Crippen LogP contribution < -0.4 is 4.90 Å². The number of rotatable bonds is 1. The molecule has 0 aromatic heterocycles. The molecule has 0 spiro atoms. The van der Waals surface area contributed by atoms with E-state index in [1.54, 1.807) is 16.8 Å². The minimum absolute atomic E-state index is 0.799. The molecule has 0 saturated carbocycles. The van der Waals surface area contributed by atoms with E-state index >= 15 is 0 Å². The van der Waals surface area contributed by atoms with Crippen molar-refractivity contribution in [3.05, 3.63) is 28.8 Å². The summed E-state index contributed by atoms with van der Waals surface area (Å²) in [7, 11) is 0. The first-order valence-corrected chi connectivity index (χ1v) is 6.69. The smallest absolute Gasteiger partial charge is 0.0436 e. The molecule has 2 aliphatic rings. The highest BCUT2D eigenvalue weighted by Crippen LogP contribution is 2.39. The van der Waals surface area contributed by atoms with E-state index < -0.39 is 0 Å². The Morgan fingerprint density at radius 2 is 2.19 bits per heavy atom. The first kappa shape index (κ1) is 10.2. The predicted octanol–water partition coefficient (Wildman–Crippen LogP) is 3.47. The molecule has 1 nitrogen and oxygen atoms in total. The van der Waals surface area contributed by atoms with Gasteiger partial charge in [-0.2, -0.15) is 0 Å². The second-order valence-corrected chi connectivity index (χ2v) is 5.27. The lowest BCUT2D eigenvalue weighted by atomic mass is 9.86. The third-order valence-corrected chi connectivity index (χ3v) is 4.37. The molecule has 1 aromatic rings. The van der Waals surface area contributed by atoms with Crippen molar-refractivity contribution in [3.63, 3.8) is 0 Å². The van der Waals surface area contributed by atoms with Crippen molar-refractivity contribution in [1.29, 1.82) is 0 Å². The van der Waals surface area contributed by atoms with E-state index in [0.29, 0.717) is 0 Å². The Hall–Kier alpha value is -0.980. The molecule has 0 saturated heterocycles. The van der Waals surface area contributed by atoms with Crippen LogP contribution in [0.4, 0.5) is 5.69 Å². The van der Waals surface area contributed by atoms with Crippen molar-refractivity contribution in [2.75, 3.05) is 11.4 Å². The minimum Gasteiger partial charge on any atom is -0.368 e. The number of benzene rings is 1. The second kappa shape index (κ2) is 3.80. The Kier molecular flexibility index (Phi) is 2.42. The third-order valence-electron chi connectivity index (χ3n) is 4.37. The van der Waals surface area contributed by atoms with Gasteiger partial charge in [0.2, 0.25) is 0 Å². The standard InChI is InChI=1S/C15H21N/c1-3-13-9-8-12-7-6-11(2)14-5-4-10-16(13)15(12)14/h6-7,13H,3-5,8-10H2,1-2H3/t13-/m0/s1. The van der Waals surface area contributed by atoms with Gasteiger partial charge in [-0.25, -0.2) is 0 Å². The van der Waals surface area contributed by atoms with E-state index in [9.17, 15) is 0 Å². The lowest BCUT2D eigenvalue weighted by Gasteiger charge is -2.43. The van der Waals surface area contributed by atoms with Crippen molar-refractivity contribution < 1.29 is 0 Å². The summed E-state index contributed by atoms with van der Waals surface area (Å²) >= 11 is 0. The number of hydrogen-bond acceptors (Lipinski definition) is 1. The summed E-state index contributed by atoms with van der Waals surface area (Å²) in [5, 5.41) is 0. The Labute approximate surface area is 98.5 Å². The molecule has 0 fully saturated rings. The quantitative estimate of drug-likeness (QED) is 0.693. The Bertz CT molecular complexity index is 408. The average molecular weight is 215 g/mol. The molecule has 1 atom stereocenters. The van der Waals surface area contributed by atoms with Crippen LogP contribution in [0.2, 0.25) is 0 Å². The van der Waals surface area contributed by atoms with Gasteiger partial charge in [0, 0.05) is 18.3 Å². The highest BCUT2D eigenvalue weighted by Gasteiger charge is 2.29. The van der Waals surface area contributed by atoms with Gasteiger partial charge in [-0.05, 0) is 55.7 Å². The third kappa shape index (κ3) is 1.37. The van der Waals surface area contributed by atoms with Gasteiger partial charge in [0.25, 0.3) is 0 Å². The number of nitrogens with zero attached hydrogens (tertiary/aromatic N) is 1. The number of aryl methyl sites for hydroxylation is 2. The Morgan fingerprint density at radius 3 is 3.00 bits per heavy atom. The zero-order valence-electron chi connectivity index (χ0n) is 10.4. The van der Waals surface area contributed by atoms with Gasteiger partial charge in [0.1, 0.15) is 0 Å². The first-order chi connectivity index (χ1) is 7.81. The summed E-state index contributed by atoms with van der Waals surface area (Å²) in [6.07, 6.45) is 6.58. The summed E-state index contributed by atoms with van der Waals surface area (Å²) < 4.78 is 0. The van der Waals surface area contributed by atoms with Crippen LogP contribution in [0.25, 0.3) is 0 Å². The van der Waals surface area contributed by atoms with Crippen LogP contribution in [0.15, 0.2) is 12.1 Å². The molecular formula is C15H21N. The maximum Gasteiger partial charge on any atom is 0.0436 e. The Morgan fingerprint density at radius 1 is 1.31 bits per heavy atom. The normalized spacial score (nSPS) is 23.1. The number of hydrogen-bond donors (Lipinski definition) is 0. The zero-order chi connectivity index (χ0) is 11.1.